The molecule has 0 radical (unpaired) electrons. The van der Waals surface area contributed by atoms with Gasteiger partial charge in [0.1, 0.15) is 5.75 Å². The van der Waals surface area contributed by atoms with E-state index < -0.39 is 0 Å². The predicted octanol–water partition coefficient (Wildman–Crippen LogP) is 2.30. The van der Waals surface area contributed by atoms with Crippen LogP contribution in [0.3, 0.4) is 0 Å². The van der Waals surface area contributed by atoms with E-state index in [2.05, 4.69) is 20.5 Å². The predicted molar refractivity (Wildman–Crippen MR) is 99.6 cm³/mol. The van der Waals surface area contributed by atoms with Crippen LogP contribution in [0.1, 0.15) is 38.1 Å². The number of para-hydroxylation sites is 1. The molecule has 3 aromatic rings. The Hall–Kier alpha value is -3.23. The first-order chi connectivity index (χ1) is 13.6. The van der Waals surface area contributed by atoms with Crippen molar-refractivity contribution in [1.29, 1.82) is 0 Å². The third-order valence-electron chi connectivity index (χ3n) is 4.68. The van der Waals surface area contributed by atoms with Gasteiger partial charge in [0.15, 0.2) is 18.1 Å². The largest absolute Gasteiger partial charge is 0.484 e. The summed E-state index contributed by atoms with van der Waals surface area (Å²) in [5, 5.41) is 12.3. The first kappa shape index (κ1) is 18.1. The molecule has 9 nitrogen and oxygen atoms in total. The first-order valence-electron chi connectivity index (χ1n) is 9.31. The Kier molecular flexibility index (Phi) is 5.05. The molecule has 0 spiro atoms. The maximum Gasteiger partial charge on any atom is 0.280 e. The number of nitrogens with zero attached hydrogens (tertiary/aromatic N) is 6. The second-order valence-corrected chi connectivity index (χ2v) is 7.08. The zero-order valence-corrected chi connectivity index (χ0v) is 15.9. The lowest BCUT2D eigenvalue weighted by atomic mass is 10.2. The molecule has 1 saturated heterocycles. The molecule has 0 unspecified atom stereocenters. The van der Waals surface area contributed by atoms with Crippen molar-refractivity contribution in [2.75, 3.05) is 19.7 Å². The van der Waals surface area contributed by atoms with Gasteiger partial charge in [-0.1, -0.05) is 42.4 Å². The summed E-state index contributed by atoms with van der Waals surface area (Å²) in [5.41, 5.74) is 0.539. The highest BCUT2D eigenvalue weighted by Gasteiger charge is 2.29. The van der Waals surface area contributed by atoms with Crippen molar-refractivity contribution in [2.45, 2.75) is 32.2 Å². The van der Waals surface area contributed by atoms with Crippen LogP contribution < -0.4 is 4.74 Å². The van der Waals surface area contributed by atoms with Gasteiger partial charge in [-0.2, -0.15) is 4.98 Å². The minimum absolute atomic E-state index is 0.0271. The highest BCUT2D eigenvalue weighted by molar-refractivity contribution is 5.78. The van der Waals surface area contributed by atoms with E-state index in [-0.39, 0.29) is 24.5 Å². The minimum Gasteiger partial charge on any atom is -0.484 e. The van der Waals surface area contributed by atoms with Crippen LogP contribution in [0, 0.1) is 0 Å². The number of carbonyl (C=O) groups excluding carboxylic acids is 1. The Bertz CT molecular complexity index is 936. The molecule has 1 atom stereocenters. The molecule has 0 aliphatic carbocycles. The van der Waals surface area contributed by atoms with Gasteiger partial charge in [-0.3, -0.25) is 4.79 Å². The van der Waals surface area contributed by atoms with Gasteiger partial charge < -0.3 is 14.2 Å². The molecule has 1 aromatic carbocycles. The molecule has 0 saturated carbocycles. The van der Waals surface area contributed by atoms with Crippen molar-refractivity contribution < 1.29 is 14.1 Å². The van der Waals surface area contributed by atoms with Gasteiger partial charge in [0, 0.05) is 19.0 Å². The van der Waals surface area contributed by atoms with E-state index in [4.69, 9.17) is 9.26 Å². The lowest BCUT2D eigenvalue weighted by molar-refractivity contribution is -0.132. The molecule has 4 rings (SSSR count). The van der Waals surface area contributed by atoms with Crippen LogP contribution in [-0.4, -0.2) is 55.6 Å². The molecule has 0 bridgehead atoms. The second kappa shape index (κ2) is 7.79. The molecule has 146 valence electrons. The highest BCUT2D eigenvalue weighted by atomic mass is 16.5. The van der Waals surface area contributed by atoms with Crippen molar-refractivity contribution in [3.05, 3.63) is 42.4 Å². The second-order valence-electron chi connectivity index (χ2n) is 7.08. The van der Waals surface area contributed by atoms with E-state index >= 15 is 0 Å². The number of benzene rings is 1. The summed E-state index contributed by atoms with van der Waals surface area (Å²) < 4.78 is 12.6. The number of carbonyl (C=O) groups is 1. The van der Waals surface area contributed by atoms with Crippen LogP contribution in [0.15, 0.2) is 41.1 Å². The average Bonchev–Trinajstić information content (AvgIpc) is 3.46. The number of hydrogen-bond acceptors (Lipinski definition) is 7. The van der Waals surface area contributed by atoms with Gasteiger partial charge >= 0.3 is 0 Å². The third kappa shape index (κ3) is 3.88. The molecule has 1 aliphatic heterocycles. The van der Waals surface area contributed by atoms with Crippen LogP contribution in [-0.2, 0) is 4.79 Å². The van der Waals surface area contributed by atoms with Crippen LogP contribution in [0.25, 0.3) is 11.6 Å². The molecule has 3 heterocycles. The Balaban J connectivity index is 1.35. The standard InChI is InChI=1S/C19H22N6O3/c1-13(2)18-20-19(28-22-18)16-11-25(23-21-16)14-8-9-24(10-14)17(26)12-27-15-6-4-3-5-7-15/h3-7,11,13-14H,8-10,12H2,1-2H3/t14-/m0/s1. The molecule has 1 fully saturated rings. The van der Waals surface area contributed by atoms with Gasteiger partial charge in [-0.25, -0.2) is 4.68 Å². The third-order valence-corrected chi connectivity index (χ3v) is 4.68. The molecule has 28 heavy (non-hydrogen) atoms. The van der Waals surface area contributed by atoms with E-state index in [1.54, 1.807) is 15.8 Å². The SMILES string of the molecule is CC(C)c1noc(-c2cn([C@H]3CCN(C(=O)COc4ccccc4)C3)nn2)n1. The Morgan fingerprint density at radius 1 is 1.32 bits per heavy atom. The average molecular weight is 382 g/mol. The van der Waals surface area contributed by atoms with Crippen molar-refractivity contribution >= 4 is 5.91 Å². The topological polar surface area (TPSA) is 99.2 Å². The highest BCUT2D eigenvalue weighted by Crippen LogP contribution is 2.24. The number of amides is 1. The summed E-state index contributed by atoms with van der Waals surface area (Å²) in [6, 6.07) is 9.39. The van der Waals surface area contributed by atoms with Crippen molar-refractivity contribution in [3.8, 4) is 17.3 Å². The number of likely N-dealkylation sites (tertiary alicyclic amines) is 1. The summed E-state index contributed by atoms with van der Waals surface area (Å²) >= 11 is 0. The van der Waals surface area contributed by atoms with Gasteiger partial charge in [-0.15, -0.1) is 5.10 Å². The van der Waals surface area contributed by atoms with Gasteiger partial charge in [0.2, 0.25) is 0 Å². The van der Waals surface area contributed by atoms with Gasteiger partial charge in [0.25, 0.3) is 11.8 Å². The molecular weight excluding hydrogens is 360 g/mol. The normalized spacial score (nSPS) is 16.7. The molecule has 9 heteroatoms. The van der Waals surface area contributed by atoms with Crippen LogP contribution in [0.2, 0.25) is 0 Å². The van der Waals surface area contributed by atoms with Crippen LogP contribution >= 0.6 is 0 Å². The lowest BCUT2D eigenvalue weighted by Crippen LogP contribution is -2.33. The summed E-state index contributed by atoms with van der Waals surface area (Å²) in [6.07, 6.45) is 2.59. The summed E-state index contributed by atoms with van der Waals surface area (Å²) in [4.78, 5) is 18.5. The Morgan fingerprint density at radius 3 is 2.89 bits per heavy atom. The molecule has 1 amide bonds. The van der Waals surface area contributed by atoms with Crippen molar-refractivity contribution in [1.82, 2.24) is 30.0 Å². The van der Waals surface area contributed by atoms with E-state index in [1.165, 1.54) is 0 Å². The monoisotopic (exact) mass is 382 g/mol. The Labute approximate surface area is 162 Å². The van der Waals surface area contributed by atoms with E-state index in [0.29, 0.717) is 36.2 Å². The first-order valence-corrected chi connectivity index (χ1v) is 9.31. The summed E-state index contributed by atoms with van der Waals surface area (Å²) in [5.74, 6) is 1.83. The number of hydrogen-bond donors (Lipinski definition) is 0. The summed E-state index contributed by atoms with van der Waals surface area (Å²) in [7, 11) is 0. The summed E-state index contributed by atoms with van der Waals surface area (Å²) in [6.45, 7) is 5.25. The number of ether oxygens (including phenoxy) is 1. The van der Waals surface area contributed by atoms with E-state index in [1.807, 2.05) is 44.2 Å². The van der Waals surface area contributed by atoms with Crippen LogP contribution in [0.5, 0.6) is 5.75 Å². The molecule has 1 aliphatic rings. The van der Waals surface area contributed by atoms with E-state index in [0.717, 1.165) is 6.42 Å². The quantitative estimate of drug-likeness (QED) is 0.645. The maximum atomic E-state index is 12.4. The lowest BCUT2D eigenvalue weighted by Gasteiger charge is -2.16. The molecular formula is C19H22N6O3. The molecule has 0 N–H and O–H groups in total. The minimum atomic E-state index is -0.0369. The van der Waals surface area contributed by atoms with E-state index in [9.17, 15) is 4.79 Å². The zero-order chi connectivity index (χ0) is 19.5. The fraction of sp³-hybridized carbons (Fsp3) is 0.421. The zero-order valence-electron chi connectivity index (χ0n) is 15.9. The van der Waals surface area contributed by atoms with Crippen molar-refractivity contribution in [2.24, 2.45) is 0 Å². The maximum absolute atomic E-state index is 12.4. The van der Waals surface area contributed by atoms with Gasteiger partial charge in [-0.05, 0) is 18.6 Å². The molecule has 2 aromatic heterocycles. The number of rotatable bonds is 6. The van der Waals surface area contributed by atoms with Gasteiger partial charge in [0.05, 0.1) is 12.2 Å². The number of aromatic nitrogens is 5. The van der Waals surface area contributed by atoms with Crippen LogP contribution in [0.4, 0.5) is 0 Å². The smallest absolute Gasteiger partial charge is 0.280 e. The Morgan fingerprint density at radius 2 is 2.14 bits per heavy atom. The fourth-order valence-electron chi connectivity index (χ4n) is 3.06. The fourth-order valence-corrected chi connectivity index (χ4v) is 3.06. The van der Waals surface area contributed by atoms with Crippen molar-refractivity contribution in [3.63, 3.8) is 0 Å².